The van der Waals surface area contributed by atoms with E-state index in [9.17, 15) is 4.79 Å². The minimum absolute atomic E-state index is 0.125. The Labute approximate surface area is 111 Å². The summed E-state index contributed by atoms with van der Waals surface area (Å²) >= 11 is 5.89. The van der Waals surface area contributed by atoms with E-state index < -0.39 is 0 Å². The summed E-state index contributed by atoms with van der Waals surface area (Å²) in [7, 11) is 0. The van der Waals surface area contributed by atoms with Gasteiger partial charge in [-0.15, -0.1) is 11.6 Å². The summed E-state index contributed by atoms with van der Waals surface area (Å²) in [6, 6.07) is 0.125. The topological polar surface area (TPSA) is 29.1 Å². The lowest BCUT2D eigenvalue weighted by Crippen LogP contribution is -2.40. The lowest BCUT2D eigenvalue weighted by Gasteiger charge is -2.21. The van der Waals surface area contributed by atoms with Gasteiger partial charge < -0.3 is 5.32 Å². The molecule has 17 heavy (non-hydrogen) atoms. The average Bonchev–Trinajstić information content (AvgIpc) is 2.28. The summed E-state index contributed by atoms with van der Waals surface area (Å²) in [5, 5.41) is 3.09. The Kier molecular flexibility index (Phi) is 9.62. The summed E-state index contributed by atoms with van der Waals surface area (Å²) in [4.78, 5) is 12.1. The van der Waals surface area contributed by atoms with Gasteiger partial charge in [-0.2, -0.15) is 0 Å². The van der Waals surface area contributed by atoms with Crippen molar-refractivity contribution in [1.82, 2.24) is 5.32 Å². The summed E-state index contributed by atoms with van der Waals surface area (Å²) < 4.78 is 0. The zero-order chi connectivity index (χ0) is 13.3. The molecule has 0 aromatic heterocycles. The lowest BCUT2D eigenvalue weighted by atomic mass is 9.97. The van der Waals surface area contributed by atoms with Crippen LogP contribution in [0.3, 0.4) is 0 Å². The molecule has 1 amide bonds. The van der Waals surface area contributed by atoms with Crippen LogP contribution in [0.4, 0.5) is 0 Å². The highest BCUT2D eigenvalue weighted by Crippen LogP contribution is 2.14. The predicted octanol–water partition coefficient (Wildman–Crippen LogP) is 3.97. The third-order valence-corrected chi connectivity index (χ3v) is 3.43. The Hall–Kier alpha value is -0.240. The highest BCUT2D eigenvalue weighted by molar-refractivity contribution is 6.18. The smallest absolute Gasteiger partial charge is 0.223 e. The van der Waals surface area contributed by atoms with Crippen LogP contribution in [0.2, 0.25) is 0 Å². The zero-order valence-electron chi connectivity index (χ0n) is 11.8. The molecule has 0 aliphatic heterocycles. The first kappa shape index (κ1) is 16.8. The number of hydrogen-bond acceptors (Lipinski definition) is 1. The van der Waals surface area contributed by atoms with Crippen LogP contribution in [-0.4, -0.2) is 17.8 Å². The summed E-state index contributed by atoms with van der Waals surface area (Å²) in [6.45, 7) is 8.54. The molecule has 0 saturated carbocycles. The highest BCUT2D eigenvalue weighted by Gasteiger charge is 2.19. The minimum atomic E-state index is 0.125. The number of carbonyl (C=O) groups excluding carboxylic acids is 1. The maximum atomic E-state index is 12.1. The molecular weight excluding hydrogens is 234 g/mol. The SMILES string of the molecule is CCCCC(CC)C(=O)NC(CCl)CC(C)C. The minimum Gasteiger partial charge on any atom is -0.352 e. The van der Waals surface area contributed by atoms with Gasteiger partial charge in [-0.1, -0.05) is 40.5 Å². The van der Waals surface area contributed by atoms with E-state index in [1.807, 2.05) is 0 Å². The summed E-state index contributed by atoms with van der Waals surface area (Å²) in [6.07, 6.45) is 5.15. The van der Waals surface area contributed by atoms with Gasteiger partial charge in [0.15, 0.2) is 0 Å². The first-order chi connectivity index (χ1) is 8.04. The van der Waals surface area contributed by atoms with Crippen molar-refractivity contribution in [3.8, 4) is 0 Å². The zero-order valence-corrected chi connectivity index (χ0v) is 12.5. The number of hydrogen-bond donors (Lipinski definition) is 1. The van der Waals surface area contributed by atoms with E-state index >= 15 is 0 Å². The molecule has 0 fully saturated rings. The normalized spacial score (nSPS) is 14.7. The van der Waals surface area contributed by atoms with Crippen LogP contribution in [0.5, 0.6) is 0 Å². The van der Waals surface area contributed by atoms with Crippen molar-refractivity contribution < 1.29 is 4.79 Å². The van der Waals surface area contributed by atoms with Gasteiger partial charge in [0.05, 0.1) is 0 Å². The molecule has 2 nitrogen and oxygen atoms in total. The second-order valence-corrected chi connectivity index (χ2v) is 5.55. The van der Waals surface area contributed by atoms with E-state index in [1.54, 1.807) is 0 Å². The molecule has 0 heterocycles. The Morgan fingerprint density at radius 2 is 1.94 bits per heavy atom. The van der Waals surface area contributed by atoms with Crippen molar-refractivity contribution in [2.75, 3.05) is 5.88 Å². The lowest BCUT2D eigenvalue weighted by molar-refractivity contribution is -0.126. The first-order valence-corrected chi connectivity index (χ1v) is 7.44. The maximum absolute atomic E-state index is 12.1. The molecule has 2 unspecified atom stereocenters. The Morgan fingerprint density at radius 3 is 2.35 bits per heavy atom. The van der Waals surface area contributed by atoms with Gasteiger partial charge in [0.2, 0.25) is 5.91 Å². The number of rotatable bonds is 9. The largest absolute Gasteiger partial charge is 0.352 e. The van der Waals surface area contributed by atoms with E-state index in [1.165, 1.54) is 0 Å². The van der Waals surface area contributed by atoms with Gasteiger partial charge in [0.25, 0.3) is 0 Å². The van der Waals surface area contributed by atoms with Crippen molar-refractivity contribution >= 4 is 17.5 Å². The first-order valence-electron chi connectivity index (χ1n) is 6.91. The van der Waals surface area contributed by atoms with Crippen LogP contribution < -0.4 is 5.32 Å². The fourth-order valence-corrected chi connectivity index (χ4v) is 2.22. The fourth-order valence-electron chi connectivity index (χ4n) is 2.02. The number of alkyl halides is 1. The van der Waals surface area contributed by atoms with Crippen molar-refractivity contribution in [2.24, 2.45) is 11.8 Å². The van der Waals surface area contributed by atoms with Gasteiger partial charge in [-0.3, -0.25) is 4.79 Å². The van der Waals surface area contributed by atoms with Gasteiger partial charge >= 0.3 is 0 Å². The number of carbonyl (C=O) groups is 1. The van der Waals surface area contributed by atoms with Crippen molar-refractivity contribution in [2.45, 2.75) is 65.8 Å². The van der Waals surface area contributed by atoms with E-state index in [-0.39, 0.29) is 17.9 Å². The molecule has 0 radical (unpaired) electrons. The van der Waals surface area contributed by atoms with Crippen molar-refractivity contribution in [3.05, 3.63) is 0 Å². The molecule has 102 valence electrons. The molecular formula is C14H28ClNO. The van der Waals surface area contributed by atoms with Crippen LogP contribution in [0.25, 0.3) is 0 Å². The standard InChI is InChI=1S/C14H28ClNO/c1-5-7-8-12(6-2)14(17)16-13(10-15)9-11(3)4/h11-13H,5-10H2,1-4H3,(H,16,17). The Bertz CT molecular complexity index is 206. The van der Waals surface area contributed by atoms with Gasteiger partial charge in [0.1, 0.15) is 0 Å². The highest BCUT2D eigenvalue weighted by atomic mass is 35.5. The predicted molar refractivity (Wildman–Crippen MR) is 75.4 cm³/mol. The monoisotopic (exact) mass is 261 g/mol. The third-order valence-electron chi connectivity index (χ3n) is 3.06. The molecule has 0 spiro atoms. The van der Waals surface area contributed by atoms with Crippen molar-refractivity contribution in [3.63, 3.8) is 0 Å². The number of amides is 1. The fraction of sp³-hybridized carbons (Fsp3) is 0.929. The molecule has 0 aromatic rings. The molecule has 3 heteroatoms. The number of nitrogens with one attached hydrogen (secondary N) is 1. The molecule has 0 aromatic carbocycles. The van der Waals surface area contributed by atoms with E-state index in [4.69, 9.17) is 11.6 Å². The molecule has 1 N–H and O–H groups in total. The molecule has 2 atom stereocenters. The van der Waals surface area contributed by atoms with Crippen LogP contribution in [0.15, 0.2) is 0 Å². The molecule has 0 rings (SSSR count). The van der Waals surface area contributed by atoms with Gasteiger partial charge in [-0.05, 0) is 25.2 Å². The molecule has 0 aliphatic rings. The van der Waals surface area contributed by atoms with Crippen LogP contribution in [0, 0.1) is 11.8 Å². The van der Waals surface area contributed by atoms with E-state index in [2.05, 4.69) is 33.0 Å². The molecule has 0 saturated heterocycles. The van der Waals surface area contributed by atoms with Gasteiger partial charge in [0, 0.05) is 17.8 Å². The second-order valence-electron chi connectivity index (χ2n) is 5.24. The van der Waals surface area contributed by atoms with Crippen molar-refractivity contribution in [1.29, 1.82) is 0 Å². The Morgan fingerprint density at radius 1 is 1.29 bits per heavy atom. The van der Waals surface area contributed by atoms with Crippen LogP contribution in [0.1, 0.15) is 59.8 Å². The average molecular weight is 262 g/mol. The van der Waals surface area contributed by atoms with E-state index in [0.717, 1.165) is 32.1 Å². The second kappa shape index (κ2) is 9.76. The third kappa shape index (κ3) is 7.64. The Balaban J connectivity index is 4.16. The number of unbranched alkanes of at least 4 members (excludes halogenated alkanes) is 1. The molecule has 0 aliphatic carbocycles. The molecule has 0 bridgehead atoms. The van der Waals surface area contributed by atoms with Crippen LogP contribution in [-0.2, 0) is 4.79 Å². The van der Waals surface area contributed by atoms with Gasteiger partial charge in [-0.25, -0.2) is 0 Å². The van der Waals surface area contributed by atoms with E-state index in [0.29, 0.717) is 11.8 Å². The quantitative estimate of drug-likeness (QED) is 0.625. The van der Waals surface area contributed by atoms with Crippen LogP contribution >= 0.6 is 11.6 Å². The summed E-state index contributed by atoms with van der Waals surface area (Å²) in [5.41, 5.74) is 0. The maximum Gasteiger partial charge on any atom is 0.223 e. The summed E-state index contributed by atoms with van der Waals surface area (Å²) in [5.74, 6) is 1.42. The number of halogens is 1.